The van der Waals surface area contributed by atoms with Crippen molar-refractivity contribution in [3.8, 4) is 6.07 Å². The Morgan fingerprint density at radius 1 is 1.18 bits per heavy atom. The predicted octanol–water partition coefficient (Wildman–Crippen LogP) is 5.74. The van der Waals surface area contributed by atoms with Crippen LogP contribution in [0, 0.1) is 24.2 Å². The largest absolute Gasteiger partial charge is 0.328 e. The topological polar surface area (TPSA) is 79.2 Å². The molecule has 1 aliphatic heterocycles. The number of hydrogen-bond acceptors (Lipinski definition) is 4. The molecule has 2 atom stereocenters. The molecule has 0 fully saturated rings. The van der Waals surface area contributed by atoms with Crippen LogP contribution in [0.1, 0.15) is 60.8 Å². The summed E-state index contributed by atoms with van der Waals surface area (Å²) in [6.07, 6.45) is 10.1. The maximum absolute atomic E-state index is 13.1. The number of ketones is 1. The maximum Gasteiger partial charge on any atom is 0.164 e. The van der Waals surface area contributed by atoms with E-state index in [2.05, 4.69) is 49.4 Å². The van der Waals surface area contributed by atoms with Crippen LogP contribution >= 0.6 is 0 Å². The first-order valence-corrected chi connectivity index (χ1v) is 12.3. The number of carbonyl (C=O) groups excluding carboxylic acids is 1. The van der Waals surface area contributed by atoms with Crippen LogP contribution in [0.3, 0.4) is 0 Å². The van der Waals surface area contributed by atoms with Gasteiger partial charge >= 0.3 is 0 Å². The van der Waals surface area contributed by atoms with Crippen LogP contribution in [-0.4, -0.2) is 24.1 Å². The predicted molar refractivity (Wildman–Crippen MR) is 139 cm³/mol. The summed E-state index contributed by atoms with van der Waals surface area (Å²) in [6, 6.07) is 18.7. The monoisotopic (exact) mass is 451 g/mol. The van der Waals surface area contributed by atoms with Gasteiger partial charge in [0.2, 0.25) is 0 Å². The highest BCUT2D eigenvalue weighted by Gasteiger charge is 2.23. The highest BCUT2D eigenvalue weighted by Crippen LogP contribution is 2.31. The van der Waals surface area contributed by atoms with Gasteiger partial charge in [0.15, 0.2) is 5.78 Å². The lowest BCUT2D eigenvalue weighted by molar-refractivity contribution is -0.114. The fourth-order valence-electron chi connectivity index (χ4n) is 4.91. The molecule has 34 heavy (non-hydrogen) atoms. The van der Waals surface area contributed by atoms with Crippen molar-refractivity contribution in [3.63, 3.8) is 0 Å². The number of rotatable bonds is 6. The highest BCUT2D eigenvalue weighted by atomic mass is 16.1. The van der Waals surface area contributed by atoms with E-state index in [9.17, 15) is 10.1 Å². The van der Waals surface area contributed by atoms with Gasteiger partial charge in [-0.25, -0.2) is 0 Å². The Labute approximate surface area is 202 Å². The number of nitrogens with zero attached hydrogens (tertiary/aromatic N) is 2. The van der Waals surface area contributed by atoms with Gasteiger partial charge in [-0.15, -0.1) is 0 Å². The average Bonchev–Trinajstić information content (AvgIpc) is 2.83. The Kier molecular flexibility index (Phi) is 7.87. The van der Waals surface area contributed by atoms with Gasteiger partial charge in [0.1, 0.15) is 0 Å². The molecule has 174 valence electrons. The summed E-state index contributed by atoms with van der Waals surface area (Å²) in [4.78, 5) is 18.0. The van der Waals surface area contributed by atoms with E-state index >= 15 is 0 Å². The van der Waals surface area contributed by atoms with Crippen LogP contribution in [0.25, 0.3) is 5.57 Å². The first kappa shape index (κ1) is 23.9. The van der Waals surface area contributed by atoms with Crippen LogP contribution in [0.5, 0.6) is 0 Å². The third-order valence-electron chi connectivity index (χ3n) is 6.84. The second-order valence-electron chi connectivity index (χ2n) is 9.57. The number of carbonyl (C=O) groups is 1. The number of allylic oxidation sites excluding steroid dienone is 3. The zero-order valence-corrected chi connectivity index (χ0v) is 20.0. The third-order valence-corrected chi connectivity index (χ3v) is 6.84. The standard InChI is InChI=1S/C30H33N3O/c1-21-5-4-6-23(15-21)16-26-20-33-28(17-29(26)24-11-9-22(19-31)10-12-24)18-30(34)25-7-2-3-8-27(32)14-13-25/h4-7,9-12,15,17,26-27H,2-3,8,13-14,16,18,20,32H2,1H3/b25-7-/t26?,27-/m1/s1. The number of nitrogens with two attached hydrogens (primary N) is 1. The Morgan fingerprint density at radius 3 is 2.76 bits per heavy atom. The van der Waals surface area contributed by atoms with E-state index in [1.165, 1.54) is 16.7 Å². The minimum atomic E-state index is 0.167. The first-order chi connectivity index (χ1) is 16.5. The van der Waals surface area contributed by atoms with Crippen molar-refractivity contribution in [2.24, 2.45) is 16.6 Å². The molecule has 2 N–H and O–H groups in total. The molecule has 0 bridgehead atoms. The highest BCUT2D eigenvalue weighted by molar-refractivity contribution is 6.15. The van der Waals surface area contributed by atoms with Crippen molar-refractivity contribution >= 4 is 17.1 Å². The molecule has 2 aromatic rings. The Hall–Kier alpha value is -3.29. The maximum atomic E-state index is 13.1. The van der Waals surface area contributed by atoms with Crippen LogP contribution in [0.4, 0.5) is 0 Å². The second-order valence-corrected chi connectivity index (χ2v) is 9.57. The zero-order chi connectivity index (χ0) is 23.9. The van der Waals surface area contributed by atoms with Crippen molar-refractivity contribution < 1.29 is 4.79 Å². The molecule has 2 aromatic carbocycles. The molecule has 0 saturated heterocycles. The average molecular weight is 452 g/mol. The third kappa shape index (κ3) is 6.18. The fraction of sp³-hybridized carbons (Fsp3) is 0.367. The molecule has 4 nitrogen and oxygen atoms in total. The fourth-order valence-corrected chi connectivity index (χ4v) is 4.91. The van der Waals surface area contributed by atoms with Crippen LogP contribution in [0.15, 0.2) is 71.2 Å². The van der Waals surface area contributed by atoms with E-state index in [1.807, 2.05) is 24.3 Å². The summed E-state index contributed by atoms with van der Waals surface area (Å²) in [5.41, 5.74) is 13.4. The lowest BCUT2D eigenvalue weighted by Gasteiger charge is -2.24. The molecule has 4 rings (SSSR count). The summed E-state index contributed by atoms with van der Waals surface area (Å²) in [5, 5.41) is 9.20. The zero-order valence-electron chi connectivity index (χ0n) is 20.0. The lowest BCUT2D eigenvalue weighted by atomic mass is 9.83. The normalized spacial score (nSPS) is 22.3. The van der Waals surface area contributed by atoms with Crippen molar-refractivity contribution in [1.29, 1.82) is 5.26 Å². The number of benzene rings is 2. The summed E-state index contributed by atoms with van der Waals surface area (Å²) >= 11 is 0. The van der Waals surface area contributed by atoms with Crippen molar-refractivity contribution in [2.75, 3.05) is 6.54 Å². The smallest absolute Gasteiger partial charge is 0.164 e. The van der Waals surface area contributed by atoms with E-state index in [0.717, 1.165) is 55.4 Å². The van der Waals surface area contributed by atoms with Crippen LogP contribution < -0.4 is 5.73 Å². The summed E-state index contributed by atoms with van der Waals surface area (Å²) < 4.78 is 0. The summed E-state index contributed by atoms with van der Waals surface area (Å²) in [6.45, 7) is 2.77. The SMILES string of the molecule is Cc1cccc(CC2CN=C(CC(=O)/C3=C\CCC[C@@H](N)CC3)C=C2c2ccc(C#N)cc2)c1. The molecule has 0 radical (unpaired) electrons. The van der Waals surface area contributed by atoms with Crippen LogP contribution in [0.2, 0.25) is 0 Å². The van der Waals surface area contributed by atoms with Gasteiger partial charge in [-0.1, -0.05) is 48.0 Å². The molecular formula is C30H33N3O. The van der Waals surface area contributed by atoms with E-state index in [-0.39, 0.29) is 17.7 Å². The number of aryl methyl sites for hydroxylation is 1. The minimum absolute atomic E-state index is 0.167. The molecule has 1 heterocycles. The van der Waals surface area contributed by atoms with E-state index in [0.29, 0.717) is 18.5 Å². The summed E-state index contributed by atoms with van der Waals surface area (Å²) in [5.74, 6) is 0.396. The molecule has 2 aliphatic rings. The van der Waals surface area contributed by atoms with Crippen molar-refractivity contribution in [3.05, 3.63) is 88.5 Å². The number of Topliss-reactive ketones (excluding diaryl/α,β-unsaturated/α-hetero) is 1. The molecule has 0 spiro atoms. The quantitative estimate of drug-likeness (QED) is 0.608. The van der Waals surface area contributed by atoms with Gasteiger partial charge < -0.3 is 5.73 Å². The van der Waals surface area contributed by atoms with Gasteiger partial charge in [0.05, 0.1) is 18.1 Å². The van der Waals surface area contributed by atoms with Crippen molar-refractivity contribution in [2.45, 2.75) is 57.9 Å². The second kappa shape index (κ2) is 11.2. The molecule has 0 saturated carbocycles. The van der Waals surface area contributed by atoms with Gasteiger partial charge in [-0.05, 0) is 85.9 Å². The lowest BCUT2D eigenvalue weighted by Crippen LogP contribution is -2.23. The Balaban J connectivity index is 1.56. The van der Waals surface area contributed by atoms with Gasteiger partial charge in [-0.2, -0.15) is 5.26 Å². The van der Waals surface area contributed by atoms with E-state index in [4.69, 9.17) is 10.7 Å². The number of aliphatic imine (C=N–C) groups is 1. The van der Waals surface area contributed by atoms with Gasteiger partial charge in [0.25, 0.3) is 0 Å². The molecule has 1 aliphatic carbocycles. The van der Waals surface area contributed by atoms with E-state index < -0.39 is 0 Å². The molecule has 0 aromatic heterocycles. The number of hydrogen-bond donors (Lipinski definition) is 1. The molecular weight excluding hydrogens is 418 g/mol. The number of dihydropyridines is 1. The Morgan fingerprint density at radius 2 is 2.00 bits per heavy atom. The molecule has 0 amide bonds. The van der Waals surface area contributed by atoms with Crippen LogP contribution in [-0.2, 0) is 11.2 Å². The van der Waals surface area contributed by atoms with Gasteiger partial charge in [-0.3, -0.25) is 9.79 Å². The Bertz CT molecular complexity index is 1160. The number of nitriles is 1. The first-order valence-electron chi connectivity index (χ1n) is 12.3. The van der Waals surface area contributed by atoms with Gasteiger partial charge in [0, 0.05) is 24.2 Å². The summed E-state index contributed by atoms with van der Waals surface area (Å²) in [7, 11) is 0. The molecule has 1 unspecified atom stereocenters. The van der Waals surface area contributed by atoms with Crippen molar-refractivity contribution in [1.82, 2.24) is 0 Å². The van der Waals surface area contributed by atoms with E-state index in [1.54, 1.807) is 0 Å². The minimum Gasteiger partial charge on any atom is -0.328 e. The molecule has 4 heteroatoms.